The zero-order valence-corrected chi connectivity index (χ0v) is 12.4. The van der Waals surface area contributed by atoms with Gasteiger partial charge in [-0.05, 0) is 27.2 Å². The summed E-state index contributed by atoms with van der Waals surface area (Å²) >= 11 is 0. The standard InChI is InChI=1S/C15H19N3O3/c1-8(19)9-4-10-11(5-13(9)20)17-18-12(10)6-14-16-15(2,3)7-21-14/h5,10,17,20H,4,6-7H2,1-3H3. The van der Waals surface area contributed by atoms with Crippen molar-refractivity contribution in [3.63, 3.8) is 0 Å². The molecule has 0 aromatic rings. The van der Waals surface area contributed by atoms with Gasteiger partial charge in [0.1, 0.15) is 12.4 Å². The minimum atomic E-state index is -0.185. The molecule has 0 saturated carbocycles. The molecule has 0 amide bonds. The second-order valence-corrected chi connectivity index (χ2v) is 6.27. The lowest BCUT2D eigenvalue weighted by Crippen LogP contribution is -2.23. The summed E-state index contributed by atoms with van der Waals surface area (Å²) in [4.78, 5) is 16.1. The second-order valence-electron chi connectivity index (χ2n) is 6.27. The van der Waals surface area contributed by atoms with E-state index in [1.165, 1.54) is 6.92 Å². The van der Waals surface area contributed by atoms with Crippen molar-refractivity contribution in [3.05, 3.63) is 23.1 Å². The monoisotopic (exact) mass is 289 g/mol. The molecule has 1 unspecified atom stereocenters. The van der Waals surface area contributed by atoms with Gasteiger partial charge in [-0.2, -0.15) is 5.10 Å². The van der Waals surface area contributed by atoms with Crippen LogP contribution in [0.3, 0.4) is 0 Å². The summed E-state index contributed by atoms with van der Waals surface area (Å²) in [7, 11) is 0. The smallest absolute Gasteiger partial charge is 0.189 e. The minimum Gasteiger partial charge on any atom is -0.507 e. The van der Waals surface area contributed by atoms with Crippen LogP contribution in [0.5, 0.6) is 0 Å². The molecule has 2 aliphatic heterocycles. The number of rotatable bonds is 3. The molecule has 2 N–H and O–H groups in total. The molecule has 2 heterocycles. The van der Waals surface area contributed by atoms with Crippen molar-refractivity contribution in [2.75, 3.05) is 6.61 Å². The maximum Gasteiger partial charge on any atom is 0.189 e. The molecule has 112 valence electrons. The van der Waals surface area contributed by atoms with Gasteiger partial charge in [-0.3, -0.25) is 10.2 Å². The average Bonchev–Trinajstić information content (AvgIpc) is 2.92. The molecule has 0 aromatic carbocycles. The molecule has 3 rings (SSSR count). The first-order valence-corrected chi connectivity index (χ1v) is 7.04. The molecular formula is C15H19N3O3. The Hall–Kier alpha value is -2.11. The van der Waals surface area contributed by atoms with E-state index in [0.717, 1.165) is 11.4 Å². The van der Waals surface area contributed by atoms with E-state index in [0.29, 0.717) is 30.9 Å². The lowest BCUT2D eigenvalue weighted by molar-refractivity contribution is -0.114. The van der Waals surface area contributed by atoms with Crippen LogP contribution in [0.15, 0.2) is 33.2 Å². The Kier molecular flexibility index (Phi) is 3.11. The topological polar surface area (TPSA) is 83.3 Å². The van der Waals surface area contributed by atoms with Crippen molar-refractivity contribution in [1.82, 2.24) is 5.43 Å². The number of nitrogens with zero attached hydrogens (tertiary/aromatic N) is 2. The highest BCUT2D eigenvalue weighted by Crippen LogP contribution is 2.33. The minimum absolute atomic E-state index is 0.00480. The molecule has 0 saturated heterocycles. The Labute approximate surface area is 123 Å². The largest absolute Gasteiger partial charge is 0.507 e. The molecule has 6 heteroatoms. The fourth-order valence-electron chi connectivity index (χ4n) is 2.77. The summed E-state index contributed by atoms with van der Waals surface area (Å²) in [5.41, 5.74) is 4.91. The second kappa shape index (κ2) is 4.72. The third-order valence-corrected chi connectivity index (χ3v) is 3.89. The number of nitrogens with one attached hydrogen (secondary N) is 1. The van der Waals surface area contributed by atoms with Gasteiger partial charge in [0.2, 0.25) is 0 Å². The van der Waals surface area contributed by atoms with E-state index in [9.17, 15) is 9.90 Å². The van der Waals surface area contributed by atoms with Crippen molar-refractivity contribution in [1.29, 1.82) is 0 Å². The van der Waals surface area contributed by atoms with Crippen LogP contribution in [-0.2, 0) is 9.53 Å². The van der Waals surface area contributed by atoms with Crippen LogP contribution in [0.2, 0.25) is 0 Å². The Bertz CT molecular complexity index is 626. The highest BCUT2D eigenvalue weighted by molar-refractivity contribution is 6.06. The van der Waals surface area contributed by atoms with Crippen molar-refractivity contribution in [2.24, 2.45) is 16.0 Å². The molecule has 0 fully saturated rings. The number of ether oxygens (including phenoxy) is 1. The number of hydrazone groups is 1. The van der Waals surface area contributed by atoms with E-state index in [4.69, 9.17) is 4.74 Å². The third-order valence-electron chi connectivity index (χ3n) is 3.89. The molecule has 3 aliphatic rings. The molecular weight excluding hydrogens is 270 g/mol. The Morgan fingerprint density at radius 3 is 2.95 bits per heavy atom. The van der Waals surface area contributed by atoms with Crippen LogP contribution < -0.4 is 5.43 Å². The number of allylic oxidation sites excluding steroid dienone is 3. The van der Waals surface area contributed by atoms with E-state index < -0.39 is 0 Å². The highest BCUT2D eigenvalue weighted by atomic mass is 16.5. The number of fused-ring (bicyclic) bond motifs is 1. The predicted octanol–water partition coefficient (Wildman–Crippen LogP) is 1.85. The van der Waals surface area contributed by atoms with E-state index in [1.54, 1.807) is 6.08 Å². The number of aliphatic imine (C=N–C) groups is 1. The van der Waals surface area contributed by atoms with Gasteiger partial charge in [0.05, 0.1) is 17.7 Å². The van der Waals surface area contributed by atoms with Gasteiger partial charge >= 0.3 is 0 Å². The van der Waals surface area contributed by atoms with Crippen LogP contribution >= 0.6 is 0 Å². The Morgan fingerprint density at radius 1 is 1.57 bits per heavy atom. The third kappa shape index (κ3) is 2.57. The summed E-state index contributed by atoms with van der Waals surface area (Å²) in [6.45, 7) is 6.09. The first kappa shape index (κ1) is 13.9. The van der Waals surface area contributed by atoms with Crippen molar-refractivity contribution >= 4 is 17.4 Å². The molecule has 0 bridgehead atoms. The van der Waals surface area contributed by atoms with Crippen LogP contribution in [0.4, 0.5) is 0 Å². The molecule has 6 nitrogen and oxygen atoms in total. The van der Waals surface area contributed by atoms with Crippen LogP contribution in [-0.4, -0.2) is 34.6 Å². The summed E-state index contributed by atoms with van der Waals surface area (Å²) in [6.07, 6.45) is 2.59. The lowest BCUT2D eigenvalue weighted by Gasteiger charge is -2.20. The summed E-state index contributed by atoms with van der Waals surface area (Å²) in [5, 5.41) is 14.2. The maximum absolute atomic E-state index is 11.6. The molecule has 1 atom stereocenters. The summed E-state index contributed by atoms with van der Waals surface area (Å²) in [5.74, 6) is 0.609. The van der Waals surface area contributed by atoms with E-state index in [-0.39, 0.29) is 23.0 Å². The van der Waals surface area contributed by atoms with Crippen molar-refractivity contribution in [3.8, 4) is 0 Å². The highest BCUT2D eigenvalue weighted by Gasteiger charge is 2.35. The molecule has 0 aromatic heterocycles. The summed E-state index contributed by atoms with van der Waals surface area (Å²) in [6, 6.07) is 0. The van der Waals surface area contributed by atoms with Gasteiger partial charge in [0.25, 0.3) is 0 Å². The number of Topliss-reactive ketones (excluding diaryl/α,β-unsaturated/α-hetero) is 1. The molecule has 0 spiro atoms. The average molecular weight is 289 g/mol. The fraction of sp³-hybridized carbons (Fsp3) is 0.533. The zero-order chi connectivity index (χ0) is 15.2. The fourth-order valence-corrected chi connectivity index (χ4v) is 2.77. The van der Waals surface area contributed by atoms with E-state index >= 15 is 0 Å². The van der Waals surface area contributed by atoms with Crippen molar-refractivity contribution in [2.45, 2.75) is 39.2 Å². The molecule has 0 radical (unpaired) electrons. The summed E-state index contributed by atoms with van der Waals surface area (Å²) < 4.78 is 5.60. The number of ketones is 1. The van der Waals surface area contributed by atoms with Gasteiger partial charge in [0.15, 0.2) is 11.7 Å². The van der Waals surface area contributed by atoms with Gasteiger partial charge in [-0.15, -0.1) is 0 Å². The van der Waals surface area contributed by atoms with E-state index in [2.05, 4.69) is 15.5 Å². The molecule has 1 aliphatic carbocycles. The quantitative estimate of drug-likeness (QED) is 0.830. The SMILES string of the molecule is CC(=O)C1=C(O)C=C2NN=C(CC3=NC(C)(C)CO3)C2C1. The number of hydrogen-bond acceptors (Lipinski definition) is 6. The first-order chi connectivity index (χ1) is 9.85. The number of carbonyl (C=O) groups is 1. The van der Waals surface area contributed by atoms with Gasteiger partial charge in [0, 0.05) is 23.3 Å². The van der Waals surface area contributed by atoms with Crippen molar-refractivity contribution < 1.29 is 14.6 Å². The Balaban J connectivity index is 1.77. The predicted molar refractivity (Wildman–Crippen MR) is 79.2 cm³/mol. The lowest BCUT2D eigenvalue weighted by atomic mass is 9.85. The number of carbonyl (C=O) groups excluding carboxylic acids is 1. The normalized spacial score (nSPS) is 26.4. The zero-order valence-electron chi connectivity index (χ0n) is 12.4. The maximum atomic E-state index is 11.6. The van der Waals surface area contributed by atoms with Gasteiger partial charge < -0.3 is 9.84 Å². The van der Waals surface area contributed by atoms with Gasteiger partial charge in [-0.1, -0.05) is 0 Å². The number of aliphatic hydroxyl groups is 1. The Morgan fingerprint density at radius 2 is 2.33 bits per heavy atom. The van der Waals surface area contributed by atoms with Crippen LogP contribution in [0.25, 0.3) is 0 Å². The van der Waals surface area contributed by atoms with Crippen LogP contribution in [0.1, 0.15) is 33.6 Å². The van der Waals surface area contributed by atoms with Crippen LogP contribution in [0, 0.1) is 5.92 Å². The number of hydrogen-bond donors (Lipinski definition) is 2. The first-order valence-electron chi connectivity index (χ1n) is 7.04. The van der Waals surface area contributed by atoms with E-state index in [1.807, 2.05) is 13.8 Å². The van der Waals surface area contributed by atoms with Gasteiger partial charge in [-0.25, -0.2) is 4.99 Å². The molecule has 21 heavy (non-hydrogen) atoms. The number of aliphatic hydroxyl groups excluding tert-OH is 1.